The minimum absolute atomic E-state index is 0.236. The van der Waals surface area contributed by atoms with Crippen LogP contribution in [0.4, 0.5) is 5.69 Å². The Balaban J connectivity index is 1.35. The molecule has 1 fully saturated rings. The van der Waals surface area contributed by atoms with Gasteiger partial charge in [-0.05, 0) is 42.8 Å². The number of carbonyl (C=O) groups excluding carboxylic acids is 1. The molecule has 1 aliphatic rings. The Morgan fingerprint density at radius 3 is 2.33 bits per heavy atom. The van der Waals surface area contributed by atoms with E-state index in [9.17, 15) is 9.90 Å². The van der Waals surface area contributed by atoms with E-state index in [0.717, 1.165) is 32.7 Å². The molecule has 1 heterocycles. The Hall–Kier alpha value is -2.57. The number of aliphatic hydroxyl groups excluding tert-OH is 1. The van der Waals surface area contributed by atoms with Crippen molar-refractivity contribution < 1.29 is 14.6 Å². The second-order valence-electron chi connectivity index (χ2n) is 6.81. The minimum atomic E-state index is -0.520. The molecule has 0 saturated carbocycles. The highest BCUT2D eigenvalue weighted by Crippen LogP contribution is 2.16. The number of hydrogen-bond acceptors (Lipinski definition) is 5. The molecule has 1 aliphatic heterocycles. The molecule has 1 amide bonds. The van der Waals surface area contributed by atoms with E-state index in [4.69, 9.17) is 10.5 Å². The number of benzene rings is 2. The highest BCUT2D eigenvalue weighted by molar-refractivity contribution is 5.92. The van der Waals surface area contributed by atoms with E-state index < -0.39 is 12.0 Å². The van der Waals surface area contributed by atoms with Crippen molar-refractivity contribution in [2.45, 2.75) is 12.5 Å². The summed E-state index contributed by atoms with van der Waals surface area (Å²) < 4.78 is 5.59. The van der Waals surface area contributed by atoms with Gasteiger partial charge >= 0.3 is 0 Å². The molecule has 27 heavy (non-hydrogen) atoms. The number of rotatable bonds is 8. The molecule has 0 spiro atoms. The third-order valence-corrected chi connectivity index (χ3v) is 4.85. The SMILES string of the molecule is NC(=O)c1ccc(OCC(O)CCN2CCN(c3ccccc3)CC2)cc1. The van der Waals surface area contributed by atoms with Crippen LogP contribution in [-0.2, 0) is 0 Å². The highest BCUT2D eigenvalue weighted by Gasteiger charge is 2.18. The van der Waals surface area contributed by atoms with Gasteiger partial charge in [0.25, 0.3) is 0 Å². The first-order valence-electron chi connectivity index (χ1n) is 9.35. The highest BCUT2D eigenvalue weighted by atomic mass is 16.5. The Kier molecular flexibility index (Phi) is 6.68. The molecular weight excluding hydrogens is 342 g/mol. The van der Waals surface area contributed by atoms with Gasteiger partial charge in [-0.15, -0.1) is 0 Å². The second-order valence-corrected chi connectivity index (χ2v) is 6.81. The lowest BCUT2D eigenvalue weighted by Gasteiger charge is -2.36. The van der Waals surface area contributed by atoms with Gasteiger partial charge < -0.3 is 20.5 Å². The number of aliphatic hydroxyl groups is 1. The predicted octanol–water partition coefficient (Wildman–Crippen LogP) is 1.74. The normalized spacial score (nSPS) is 16.1. The van der Waals surface area contributed by atoms with Crippen LogP contribution >= 0.6 is 0 Å². The summed E-state index contributed by atoms with van der Waals surface area (Å²) in [5.41, 5.74) is 6.92. The van der Waals surface area contributed by atoms with Gasteiger partial charge in [0.1, 0.15) is 12.4 Å². The summed E-state index contributed by atoms with van der Waals surface area (Å²) in [5, 5.41) is 10.2. The molecule has 3 rings (SSSR count). The number of piperazine rings is 1. The minimum Gasteiger partial charge on any atom is -0.491 e. The number of nitrogens with two attached hydrogens (primary N) is 1. The predicted molar refractivity (Wildman–Crippen MR) is 106 cm³/mol. The average molecular weight is 369 g/mol. The van der Waals surface area contributed by atoms with Crippen LogP contribution < -0.4 is 15.4 Å². The van der Waals surface area contributed by atoms with E-state index in [-0.39, 0.29) is 6.61 Å². The Morgan fingerprint density at radius 2 is 1.70 bits per heavy atom. The number of anilines is 1. The van der Waals surface area contributed by atoms with Crippen molar-refractivity contribution in [3.05, 3.63) is 60.2 Å². The monoisotopic (exact) mass is 369 g/mol. The number of amides is 1. The first kappa shape index (κ1) is 19.2. The molecule has 1 atom stereocenters. The molecule has 0 bridgehead atoms. The van der Waals surface area contributed by atoms with Gasteiger partial charge in [-0.25, -0.2) is 0 Å². The summed E-state index contributed by atoms with van der Waals surface area (Å²) in [5.74, 6) is 0.157. The molecule has 2 aromatic carbocycles. The molecule has 6 heteroatoms. The van der Waals surface area contributed by atoms with Crippen molar-refractivity contribution in [2.24, 2.45) is 5.73 Å². The number of ether oxygens (including phenoxy) is 1. The standard InChI is InChI=1S/C21H27N3O3/c22-21(26)17-6-8-20(9-7-17)27-16-19(25)10-11-23-12-14-24(15-13-23)18-4-2-1-3-5-18/h1-9,19,25H,10-16H2,(H2,22,26). The number of carbonyl (C=O) groups is 1. The Morgan fingerprint density at radius 1 is 1.04 bits per heavy atom. The maximum Gasteiger partial charge on any atom is 0.248 e. The van der Waals surface area contributed by atoms with Crippen molar-refractivity contribution in [1.82, 2.24) is 4.90 Å². The maximum atomic E-state index is 11.0. The summed E-state index contributed by atoms with van der Waals surface area (Å²) in [6.45, 7) is 5.09. The van der Waals surface area contributed by atoms with Crippen LogP contribution in [0.1, 0.15) is 16.8 Å². The summed E-state index contributed by atoms with van der Waals surface area (Å²) in [6.07, 6.45) is 0.151. The zero-order chi connectivity index (χ0) is 19.1. The Bertz CT molecular complexity index is 713. The number of para-hydroxylation sites is 1. The van der Waals surface area contributed by atoms with Crippen LogP contribution in [0, 0.1) is 0 Å². The van der Waals surface area contributed by atoms with Crippen LogP contribution in [0.2, 0.25) is 0 Å². The van der Waals surface area contributed by atoms with E-state index in [1.54, 1.807) is 24.3 Å². The first-order valence-corrected chi connectivity index (χ1v) is 9.35. The fourth-order valence-electron chi connectivity index (χ4n) is 3.19. The molecule has 2 aromatic rings. The van der Waals surface area contributed by atoms with Gasteiger partial charge in [0.05, 0.1) is 6.10 Å². The van der Waals surface area contributed by atoms with Gasteiger partial charge in [-0.1, -0.05) is 18.2 Å². The smallest absolute Gasteiger partial charge is 0.248 e. The molecule has 3 N–H and O–H groups in total. The third kappa shape index (κ3) is 5.70. The van der Waals surface area contributed by atoms with Crippen molar-refractivity contribution in [3.63, 3.8) is 0 Å². The maximum absolute atomic E-state index is 11.0. The zero-order valence-corrected chi connectivity index (χ0v) is 15.5. The van der Waals surface area contributed by atoms with Crippen molar-refractivity contribution >= 4 is 11.6 Å². The lowest BCUT2D eigenvalue weighted by molar-refractivity contribution is 0.0865. The lowest BCUT2D eigenvalue weighted by atomic mass is 10.2. The topological polar surface area (TPSA) is 79.0 Å². The molecule has 0 aromatic heterocycles. The molecule has 1 unspecified atom stereocenters. The summed E-state index contributed by atoms with van der Waals surface area (Å²) in [6, 6.07) is 17.1. The van der Waals surface area contributed by atoms with Gasteiger partial charge in [0.15, 0.2) is 0 Å². The number of hydrogen-bond donors (Lipinski definition) is 2. The number of primary amides is 1. The largest absolute Gasteiger partial charge is 0.491 e. The van der Waals surface area contributed by atoms with Crippen LogP contribution in [0.15, 0.2) is 54.6 Å². The van der Waals surface area contributed by atoms with Crippen LogP contribution in [-0.4, -0.2) is 61.3 Å². The van der Waals surface area contributed by atoms with Crippen LogP contribution in [0.5, 0.6) is 5.75 Å². The van der Waals surface area contributed by atoms with E-state index in [2.05, 4.69) is 34.1 Å². The quantitative estimate of drug-likeness (QED) is 0.741. The molecule has 6 nitrogen and oxygen atoms in total. The van der Waals surface area contributed by atoms with E-state index in [1.165, 1.54) is 5.69 Å². The lowest BCUT2D eigenvalue weighted by Crippen LogP contribution is -2.47. The fraction of sp³-hybridized carbons (Fsp3) is 0.381. The number of nitrogens with zero attached hydrogens (tertiary/aromatic N) is 2. The molecule has 144 valence electrons. The summed E-state index contributed by atoms with van der Waals surface area (Å²) >= 11 is 0. The third-order valence-electron chi connectivity index (χ3n) is 4.85. The molecule has 1 saturated heterocycles. The van der Waals surface area contributed by atoms with E-state index >= 15 is 0 Å². The van der Waals surface area contributed by atoms with Gasteiger partial charge in [0.2, 0.25) is 5.91 Å². The van der Waals surface area contributed by atoms with Crippen molar-refractivity contribution in [2.75, 3.05) is 44.2 Å². The van der Waals surface area contributed by atoms with Crippen molar-refractivity contribution in [1.29, 1.82) is 0 Å². The van der Waals surface area contributed by atoms with Gasteiger partial charge in [-0.2, -0.15) is 0 Å². The van der Waals surface area contributed by atoms with Crippen LogP contribution in [0.3, 0.4) is 0 Å². The first-order chi connectivity index (χ1) is 13.1. The summed E-state index contributed by atoms with van der Waals surface area (Å²) in [7, 11) is 0. The zero-order valence-electron chi connectivity index (χ0n) is 15.5. The molecular formula is C21H27N3O3. The van der Waals surface area contributed by atoms with E-state index in [1.807, 2.05) is 6.07 Å². The van der Waals surface area contributed by atoms with Gasteiger partial charge in [-0.3, -0.25) is 9.69 Å². The molecule has 0 aliphatic carbocycles. The Labute approximate surface area is 160 Å². The van der Waals surface area contributed by atoms with Crippen LogP contribution in [0.25, 0.3) is 0 Å². The molecule has 0 radical (unpaired) electrons. The average Bonchev–Trinajstić information content (AvgIpc) is 2.72. The fourth-order valence-corrected chi connectivity index (χ4v) is 3.19. The summed E-state index contributed by atoms with van der Waals surface area (Å²) in [4.78, 5) is 15.8. The van der Waals surface area contributed by atoms with E-state index in [0.29, 0.717) is 17.7 Å². The second kappa shape index (κ2) is 9.39. The van der Waals surface area contributed by atoms with Gasteiger partial charge in [0, 0.05) is 44.0 Å². The van der Waals surface area contributed by atoms with Crippen molar-refractivity contribution in [3.8, 4) is 5.75 Å².